The number of methoxy groups -OCH3 is 1. The van der Waals surface area contributed by atoms with Crippen molar-refractivity contribution in [2.24, 2.45) is 0 Å². The van der Waals surface area contributed by atoms with Crippen molar-refractivity contribution < 1.29 is 27.5 Å². The van der Waals surface area contributed by atoms with Crippen molar-refractivity contribution in [3.05, 3.63) is 59.4 Å². The van der Waals surface area contributed by atoms with E-state index in [1.165, 1.54) is 31.4 Å². The molecule has 160 valence electrons. The van der Waals surface area contributed by atoms with Gasteiger partial charge in [0.05, 0.1) is 17.6 Å². The number of pyridine rings is 1. The first-order valence-corrected chi connectivity index (χ1v) is 10.7. The van der Waals surface area contributed by atoms with E-state index in [-0.39, 0.29) is 22.1 Å². The van der Waals surface area contributed by atoms with Crippen molar-refractivity contribution in [1.29, 1.82) is 0 Å². The third-order valence-electron chi connectivity index (χ3n) is 4.07. The minimum absolute atomic E-state index is 0.00404. The van der Waals surface area contributed by atoms with Gasteiger partial charge in [-0.25, -0.2) is 22.9 Å². The number of carbonyl (C=O) groups excluding carboxylic acids is 3. The molecule has 0 saturated heterocycles. The number of carbonyl (C=O) groups is 3. The van der Waals surface area contributed by atoms with Gasteiger partial charge in [-0.1, -0.05) is 19.1 Å². The molecule has 9 nitrogen and oxygen atoms in total. The molecular weight excluding hydrogens is 410 g/mol. The second kappa shape index (κ2) is 10.5. The molecule has 0 aliphatic heterocycles. The summed E-state index contributed by atoms with van der Waals surface area (Å²) in [6.45, 7) is 2.29. The van der Waals surface area contributed by atoms with E-state index in [0.717, 1.165) is 12.6 Å². The van der Waals surface area contributed by atoms with Gasteiger partial charge in [0.1, 0.15) is 5.69 Å². The Kier molecular flexibility index (Phi) is 8.05. The first kappa shape index (κ1) is 23.0. The molecule has 2 amide bonds. The topological polar surface area (TPSA) is 132 Å². The summed E-state index contributed by atoms with van der Waals surface area (Å²) in [5.41, 5.74) is 0.669. The van der Waals surface area contributed by atoms with Crippen LogP contribution in [0, 0.1) is 0 Å². The van der Waals surface area contributed by atoms with Crippen molar-refractivity contribution in [2.75, 3.05) is 13.7 Å². The largest absolute Gasteiger partial charge is 0.464 e. The molecule has 1 aromatic carbocycles. The summed E-state index contributed by atoms with van der Waals surface area (Å²) in [5.74, 6) is -1.60. The number of nitrogens with zero attached hydrogens (tertiary/aromatic N) is 1. The van der Waals surface area contributed by atoms with Gasteiger partial charge in [0.25, 0.3) is 15.9 Å². The number of hydrogen-bond donors (Lipinski definition) is 2. The number of sulfonamides is 1. The van der Waals surface area contributed by atoms with Crippen molar-refractivity contribution in [2.45, 2.75) is 31.1 Å². The highest BCUT2D eigenvalue weighted by atomic mass is 32.2. The normalized spacial score (nSPS) is 10.9. The molecule has 2 aromatic rings. The molecule has 2 N–H and O–H groups in total. The molecule has 2 rings (SSSR count). The molecule has 1 aromatic heterocycles. The van der Waals surface area contributed by atoms with Crippen LogP contribution in [0.25, 0.3) is 0 Å². The van der Waals surface area contributed by atoms with Gasteiger partial charge in [-0.2, -0.15) is 0 Å². The molecule has 0 bridgehead atoms. The number of ether oxygens (including phenoxy) is 1. The molecule has 0 aliphatic carbocycles. The first-order valence-electron chi connectivity index (χ1n) is 9.24. The van der Waals surface area contributed by atoms with Gasteiger partial charge in [-0.05, 0) is 42.7 Å². The Morgan fingerprint density at radius 1 is 1.13 bits per heavy atom. The number of aromatic nitrogens is 1. The number of nitrogens with one attached hydrogen (secondary N) is 2. The van der Waals surface area contributed by atoms with Crippen molar-refractivity contribution in [3.63, 3.8) is 0 Å². The van der Waals surface area contributed by atoms with E-state index in [9.17, 15) is 22.8 Å². The van der Waals surface area contributed by atoms with Crippen LogP contribution < -0.4 is 10.0 Å². The van der Waals surface area contributed by atoms with Crippen molar-refractivity contribution >= 4 is 27.8 Å². The maximum atomic E-state index is 12.6. The molecule has 10 heteroatoms. The van der Waals surface area contributed by atoms with E-state index in [2.05, 4.69) is 15.0 Å². The Morgan fingerprint density at radius 3 is 2.53 bits per heavy atom. The fourth-order valence-corrected chi connectivity index (χ4v) is 3.57. The Labute approximate surface area is 174 Å². The van der Waals surface area contributed by atoms with Gasteiger partial charge >= 0.3 is 5.97 Å². The summed E-state index contributed by atoms with van der Waals surface area (Å²) in [7, 11) is -2.92. The average Bonchev–Trinajstić information content (AvgIpc) is 2.73. The van der Waals surface area contributed by atoms with Gasteiger partial charge in [-0.3, -0.25) is 9.59 Å². The number of hydrogen-bond acceptors (Lipinski definition) is 7. The lowest BCUT2D eigenvalue weighted by Crippen LogP contribution is -2.31. The lowest BCUT2D eigenvalue weighted by atomic mass is 10.1. The van der Waals surface area contributed by atoms with Gasteiger partial charge in [0.15, 0.2) is 0 Å². The Hall–Kier alpha value is -3.27. The van der Waals surface area contributed by atoms with Crippen molar-refractivity contribution in [1.82, 2.24) is 15.0 Å². The maximum Gasteiger partial charge on any atom is 0.356 e. The number of esters is 1. The highest BCUT2D eigenvalue weighted by molar-refractivity contribution is 7.90. The fourth-order valence-electron chi connectivity index (χ4n) is 2.52. The zero-order valence-electron chi connectivity index (χ0n) is 16.7. The van der Waals surface area contributed by atoms with Crippen LogP contribution in [-0.2, 0) is 26.0 Å². The molecule has 0 radical (unpaired) electrons. The van der Waals surface area contributed by atoms with Crippen LogP contribution in [0.15, 0.2) is 47.5 Å². The Balaban J connectivity index is 2.05. The summed E-state index contributed by atoms with van der Waals surface area (Å²) >= 11 is 0. The predicted octanol–water partition coefficient (Wildman–Crippen LogP) is 1.45. The Morgan fingerprint density at radius 2 is 1.90 bits per heavy atom. The second-order valence-electron chi connectivity index (χ2n) is 6.36. The lowest BCUT2D eigenvalue weighted by molar-refractivity contribution is -0.121. The second-order valence-corrected chi connectivity index (χ2v) is 8.04. The molecule has 0 saturated carbocycles. The standard InChI is InChI=1S/C20H23N3O6S/c1-3-5-18(24)21-11-10-14-6-4-7-16(12-14)30(27,28)23-19(25)15-8-9-17(22-13-15)20(26)29-2/h4,6-9,12-13H,3,5,10-11H2,1-2H3,(H,21,24)(H,23,25). The van der Waals surface area contributed by atoms with E-state index in [1.807, 2.05) is 11.6 Å². The van der Waals surface area contributed by atoms with Crippen LogP contribution >= 0.6 is 0 Å². The summed E-state index contributed by atoms with van der Waals surface area (Å²) in [6.07, 6.45) is 2.73. The number of amides is 2. The van der Waals surface area contributed by atoms with Crippen LogP contribution in [-0.4, -0.2) is 44.8 Å². The summed E-state index contributed by atoms with van der Waals surface area (Å²) in [6, 6.07) is 8.66. The molecule has 0 unspecified atom stereocenters. The summed E-state index contributed by atoms with van der Waals surface area (Å²) in [5, 5.41) is 2.76. The third-order valence-corrected chi connectivity index (χ3v) is 5.40. The highest BCUT2D eigenvalue weighted by Gasteiger charge is 2.20. The molecular formula is C20H23N3O6S. The molecule has 0 aliphatic rings. The zero-order chi connectivity index (χ0) is 22.1. The highest BCUT2D eigenvalue weighted by Crippen LogP contribution is 2.13. The monoisotopic (exact) mass is 433 g/mol. The fraction of sp³-hybridized carbons (Fsp3) is 0.300. The molecule has 0 atom stereocenters. The van der Waals surface area contributed by atoms with Crippen LogP contribution in [0.3, 0.4) is 0 Å². The number of benzene rings is 1. The van der Waals surface area contributed by atoms with E-state index < -0.39 is 21.9 Å². The summed E-state index contributed by atoms with van der Waals surface area (Å²) in [4.78, 5) is 38.9. The minimum Gasteiger partial charge on any atom is -0.464 e. The van der Waals surface area contributed by atoms with Crippen LogP contribution in [0.4, 0.5) is 0 Å². The molecule has 30 heavy (non-hydrogen) atoms. The van der Waals surface area contributed by atoms with Crippen LogP contribution in [0.5, 0.6) is 0 Å². The van der Waals surface area contributed by atoms with Crippen molar-refractivity contribution in [3.8, 4) is 0 Å². The molecule has 1 heterocycles. The van der Waals surface area contributed by atoms with E-state index >= 15 is 0 Å². The third kappa shape index (κ3) is 6.38. The minimum atomic E-state index is -4.12. The smallest absolute Gasteiger partial charge is 0.356 e. The first-order chi connectivity index (χ1) is 14.3. The SMILES string of the molecule is CCCC(=O)NCCc1cccc(S(=O)(=O)NC(=O)c2ccc(C(=O)OC)nc2)c1. The maximum absolute atomic E-state index is 12.6. The van der Waals surface area contributed by atoms with E-state index in [1.54, 1.807) is 12.1 Å². The quantitative estimate of drug-likeness (QED) is 0.572. The van der Waals surface area contributed by atoms with Gasteiger partial charge in [0, 0.05) is 19.2 Å². The van der Waals surface area contributed by atoms with Crippen LogP contribution in [0.2, 0.25) is 0 Å². The molecule has 0 spiro atoms. The average molecular weight is 433 g/mol. The lowest BCUT2D eigenvalue weighted by Gasteiger charge is -2.09. The van der Waals surface area contributed by atoms with Gasteiger partial charge in [-0.15, -0.1) is 0 Å². The predicted molar refractivity (Wildman–Crippen MR) is 108 cm³/mol. The van der Waals surface area contributed by atoms with Gasteiger partial charge < -0.3 is 10.1 Å². The van der Waals surface area contributed by atoms with Crippen LogP contribution in [0.1, 0.15) is 46.2 Å². The molecule has 0 fully saturated rings. The summed E-state index contributed by atoms with van der Waals surface area (Å²) < 4.78 is 31.6. The van der Waals surface area contributed by atoms with E-state index in [4.69, 9.17) is 0 Å². The Bertz CT molecular complexity index is 1020. The van der Waals surface area contributed by atoms with Gasteiger partial charge in [0.2, 0.25) is 5.91 Å². The zero-order valence-corrected chi connectivity index (χ0v) is 17.5. The number of rotatable bonds is 9. The van der Waals surface area contributed by atoms with E-state index in [0.29, 0.717) is 24.9 Å².